The van der Waals surface area contributed by atoms with E-state index in [0.29, 0.717) is 29.6 Å². The van der Waals surface area contributed by atoms with E-state index in [1.54, 1.807) is 6.92 Å². The van der Waals surface area contributed by atoms with Gasteiger partial charge in [-0.25, -0.2) is 18.4 Å². The predicted molar refractivity (Wildman–Crippen MR) is 174 cm³/mol. The van der Waals surface area contributed by atoms with Crippen molar-refractivity contribution < 1.29 is 42.4 Å². The normalized spacial score (nSPS) is 13.2. The number of urea groups is 1. The number of ether oxygens (including phenoxy) is 2. The van der Waals surface area contributed by atoms with Crippen LogP contribution in [0.3, 0.4) is 0 Å². The van der Waals surface area contributed by atoms with Crippen molar-refractivity contribution >= 4 is 42.9 Å². The van der Waals surface area contributed by atoms with E-state index in [-0.39, 0.29) is 18.8 Å². The summed E-state index contributed by atoms with van der Waals surface area (Å²) in [5, 5.41) is 5.90. The van der Waals surface area contributed by atoms with Crippen molar-refractivity contribution in [3.63, 3.8) is 0 Å². The second-order valence-electron chi connectivity index (χ2n) is 11.6. The number of rotatable bonds is 18. The summed E-state index contributed by atoms with van der Waals surface area (Å²) in [5.74, 6) is -0.788. The molecule has 0 aliphatic carbocycles. The Bertz CT molecular complexity index is 1290. The zero-order valence-corrected chi connectivity index (χ0v) is 28.2. The number of phosphoric ester groups is 1. The Morgan fingerprint density at radius 2 is 1.44 bits per heavy atom. The summed E-state index contributed by atoms with van der Waals surface area (Å²) >= 11 is 0. The quantitative estimate of drug-likeness (QED) is 0.0859. The number of nitrogens with zero attached hydrogens (tertiary/aromatic N) is 1. The monoisotopic (exact) mass is 649 g/mol. The lowest BCUT2D eigenvalue weighted by Gasteiger charge is -2.31. The number of aryl methyl sites for hydroxylation is 1. The van der Waals surface area contributed by atoms with Gasteiger partial charge in [0.1, 0.15) is 0 Å². The van der Waals surface area contributed by atoms with E-state index < -0.39 is 39.4 Å². The number of carbonyl (C=O) groups is 3. The number of phosphoric acid groups is 1. The molecule has 2 atom stereocenters. The summed E-state index contributed by atoms with van der Waals surface area (Å²) in [5.41, 5.74) is 4.03. The van der Waals surface area contributed by atoms with E-state index in [1.807, 2.05) is 56.3 Å². The summed E-state index contributed by atoms with van der Waals surface area (Å²) in [4.78, 5) is 48.9. The summed E-state index contributed by atoms with van der Waals surface area (Å²) in [6.45, 7) is 14.0. The first-order valence-electron chi connectivity index (χ1n) is 15.2. The Morgan fingerprint density at radius 1 is 0.867 bits per heavy atom. The minimum Gasteiger partial charge on any atom is -0.438 e. The first-order valence-corrected chi connectivity index (χ1v) is 16.7. The molecule has 0 saturated heterocycles. The molecule has 0 aromatic heterocycles. The molecular formula is C32H48N3O9P. The number of esters is 2. The highest BCUT2D eigenvalue weighted by molar-refractivity contribution is 7.47. The molecule has 0 fully saturated rings. The van der Waals surface area contributed by atoms with Crippen molar-refractivity contribution in [1.29, 1.82) is 0 Å². The van der Waals surface area contributed by atoms with Crippen molar-refractivity contribution in [3.05, 3.63) is 53.6 Å². The van der Waals surface area contributed by atoms with Gasteiger partial charge in [0.15, 0.2) is 0 Å². The molecule has 250 valence electrons. The van der Waals surface area contributed by atoms with Crippen LogP contribution in [0, 0.1) is 18.8 Å². The molecule has 0 bridgehead atoms. The SMILES string of the molecule is CCC(=O)OCOP(=O)(O)OCOC(=O)C[C@H](CC)c1ccc(N(CC(C)C)CC(C)C)c(NC(=O)Nc2ccc(C)cc2)c1. The molecule has 0 aliphatic rings. The van der Waals surface area contributed by atoms with Gasteiger partial charge in [-0.2, -0.15) is 0 Å². The maximum atomic E-state index is 13.1. The molecule has 0 spiro atoms. The smallest absolute Gasteiger partial charge is 0.438 e. The van der Waals surface area contributed by atoms with Crippen molar-refractivity contribution in [2.24, 2.45) is 11.8 Å². The molecule has 2 rings (SSSR count). The van der Waals surface area contributed by atoms with Gasteiger partial charge in [0, 0.05) is 25.2 Å². The molecule has 0 heterocycles. The predicted octanol–water partition coefficient (Wildman–Crippen LogP) is 7.19. The Labute approximate surface area is 266 Å². The van der Waals surface area contributed by atoms with Crippen molar-refractivity contribution in [2.45, 2.75) is 73.6 Å². The van der Waals surface area contributed by atoms with Gasteiger partial charge in [0.2, 0.25) is 13.6 Å². The van der Waals surface area contributed by atoms with Crippen LogP contribution >= 0.6 is 7.82 Å². The maximum absolute atomic E-state index is 13.1. The maximum Gasteiger partial charge on any atom is 0.478 e. The zero-order chi connectivity index (χ0) is 33.6. The van der Waals surface area contributed by atoms with Crippen molar-refractivity contribution in [3.8, 4) is 0 Å². The summed E-state index contributed by atoms with van der Waals surface area (Å²) in [7, 11) is -4.60. The van der Waals surface area contributed by atoms with E-state index in [1.165, 1.54) is 0 Å². The topological polar surface area (TPSA) is 153 Å². The van der Waals surface area contributed by atoms with Gasteiger partial charge in [-0.3, -0.25) is 9.59 Å². The van der Waals surface area contributed by atoms with Gasteiger partial charge < -0.3 is 29.9 Å². The molecule has 0 saturated carbocycles. The fourth-order valence-corrected chi connectivity index (χ4v) is 4.92. The highest BCUT2D eigenvalue weighted by Crippen LogP contribution is 2.43. The number of nitrogens with one attached hydrogen (secondary N) is 2. The molecular weight excluding hydrogens is 601 g/mol. The standard InChI is InChI=1S/C32H48N3O9P/c1-8-25(17-31(37)42-21-44-45(39,40)43-20-41-30(36)9-2)26-12-15-29(35(18-22(3)4)19-23(5)6)28(16-26)34-32(38)33-27-13-10-24(7)11-14-27/h10-16,22-23,25H,8-9,17-21H2,1-7H3,(H,39,40)(H2,33,34,38)/t25-/m0/s1. The minimum atomic E-state index is -4.60. The molecule has 1 unspecified atom stereocenters. The van der Waals surface area contributed by atoms with Crippen molar-refractivity contribution in [1.82, 2.24) is 0 Å². The second kappa shape index (κ2) is 18.5. The van der Waals surface area contributed by atoms with Crippen LogP contribution in [0.1, 0.15) is 77.8 Å². The molecule has 0 radical (unpaired) electrons. The van der Waals surface area contributed by atoms with Crippen LogP contribution in [0.25, 0.3) is 0 Å². The molecule has 2 aromatic carbocycles. The molecule has 0 aliphatic heterocycles. The Morgan fingerprint density at radius 3 is 1.98 bits per heavy atom. The lowest BCUT2D eigenvalue weighted by atomic mass is 9.92. The third-order valence-corrected chi connectivity index (χ3v) is 7.49. The number of hydrogen-bond acceptors (Lipinski definition) is 9. The van der Waals surface area contributed by atoms with Gasteiger partial charge in [-0.05, 0) is 60.9 Å². The fraction of sp³-hybridized carbons (Fsp3) is 0.531. The third-order valence-electron chi connectivity index (χ3n) is 6.63. The summed E-state index contributed by atoms with van der Waals surface area (Å²) in [6.07, 6.45) is 0.613. The van der Waals surface area contributed by atoms with Gasteiger partial charge in [-0.15, -0.1) is 0 Å². The largest absolute Gasteiger partial charge is 0.478 e. The van der Waals surface area contributed by atoms with Crippen LogP contribution < -0.4 is 15.5 Å². The average Bonchev–Trinajstić information content (AvgIpc) is 2.96. The van der Waals surface area contributed by atoms with Gasteiger partial charge in [0.05, 0.1) is 17.8 Å². The van der Waals surface area contributed by atoms with Crippen LogP contribution in [-0.4, -0.2) is 49.5 Å². The van der Waals surface area contributed by atoms with Gasteiger partial charge >= 0.3 is 25.8 Å². The van der Waals surface area contributed by atoms with Crippen molar-refractivity contribution in [2.75, 3.05) is 42.2 Å². The van der Waals surface area contributed by atoms with Crippen LogP contribution in [0.15, 0.2) is 42.5 Å². The number of carbonyl (C=O) groups excluding carboxylic acids is 3. The first-order chi connectivity index (χ1) is 21.2. The number of amides is 2. The summed E-state index contributed by atoms with van der Waals surface area (Å²) < 4.78 is 30.7. The summed E-state index contributed by atoms with van der Waals surface area (Å²) in [6, 6.07) is 12.9. The van der Waals surface area contributed by atoms with Gasteiger partial charge in [-0.1, -0.05) is 65.3 Å². The Hall–Kier alpha value is -3.44. The van der Waals surface area contributed by atoms with Crippen LogP contribution in [0.2, 0.25) is 0 Å². The fourth-order valence-electron chi connectivity index (χ4n) is 4.47. The van der Waals surface area contributed by atoms with E-state index in [9.17, 15) is 23.8 Å². The number of hydrogen-bond donors (Lipinski definition) is 3. The second-order valence-corrected chi connectivity index (χ2v) is 13.0. The number of anilines is 3. The van der Waals surface area contributed by atoms with E-state index in [2.05, 4.69) is 57.0 Å². The average molecular weight is 650 g/mol. The molecule has 3 N–H and O–H groups in total. The molecule has 2 amide bonds. The molecule has 45 heavy (non-hydrogen) atoms. The number of benzene rings is 2. The van der Waals surface area contributed by atoms with E-state index in [4.69, 9.17) is 4.74 Å². The van der Waals surface area contributed by atoms with E-state index >= 15 is 0 Å². The Kier molecular flexibility index (Phi) is 15.5. The van der Waals surface area contributed by atoms with Crippen LogP contribution in [0.5, 0.6) is 0 Å². The van der Waals surface area contributed by atoms with Crippen LogP contribution in [-0.2, 0) is 32.7 Å². The van der Waals surface area contributed by atoms with Crippen LogP contribution in [0.4, 0.5) is 21.9 Å². The van der Waals surface area contributed by atoms with Gasteiger partial charge in [0.25, 0.3) is 0 Å². The Balaban J connectivity index is 2.20. The highest BCUT2D eigenvalue weighted by Gasteiger charge is 2.24. The lowest BCUT2D eigenvalue weighted by molar-refractivity contribution is -0.153. The minimum absolute atomic E-state index is 0.0411. The molecule has 13 heteroatoms. The van der Waals surface area contributed by atoms with E-state index in [0.717, 1.165) is 29.9 Å². The highest BCUT2D eigenvalue weighted by atomic mass is 31.2. The lowest BCUT2D eigenvalue weighted by Crippen LogP contribution is -2.32. The molecule has 2 aromatic rings. The third kappa shape index (κ3) is 14.0. The zero-order valence-electron chi connectivity index (χ0n) is 27.3. The first kappa shape index (κ1) is 37.7. The molecule has 12 nitrogen and oxygen atoms in total.